The van der Waals surface area contributed by atoms with Crippen molar-refractivity contribution < 1.29 is 28.6 Å². The van der Waals surface area contributed by atoms with Crippen molar-refractivity contribution in [2.24, 2.45) is 0 Å². The Morgan fingerprint density at radius 1 is 1.03 bits per heavy atom. The van der Waals surface area contributed by atoms with Crippen molar-refractivity contribution in [3.8, 4) is 11.5 Å². The zero-order chi connectivity index (χ0) is 24.7. The lowest BCUT2D eigenvalue weighted by atomic mass is 9.95. The summed E-state index contributed by atoms with van der Waals surface area (Å²) in [4.78, 5) is 35.1. The Morgan fingerprint density at radius 2 is 1.80 bits per heavy atom. The molecule has 35 heavy (non-hydrogen) atoms. The number of imidazole rings is 1. The highest BCUT2D eigenvalue weighted by atomic mass is 19.1. The smallest absolute Gasteiger partial charge is 0.302 e. The number of aliphatic hydroxyl groups is 1. The molecule has 1 saturated heterocycles. The van der Waals surface area contributed by atoms with E-state index in [2.05, 4.69) is 9.97 Å². The third kappa shape index (κ3) is 3.67. The van der Waals surface area contributed by atoms with Crippen LogP contribution in [0.15, 0.2) is 72.3 Å². The van der Waals surface area contributed by atoms with Gasteiger partial charge in [0, 0.05) is 0 Å². The molecule has 176 valence electrons. The monoisotopic (exact) mass is 473 g/mol. The number of aromatic nitrogens is 2. The average molecular weight is 473 g/mol. The van der Waals surface area contributed by atoms with Crippen LogP contribution >= 0.6 is 0 Å². The summed E-state index contributed by atoms with van der Waals surface area (Å²) in [7, 11) is 2.90. The van der Waals surface area contributed by atoms with Crippen LogP contribution in [0, 0.1) is 5.82 Å². The van der Waals surface area contributed by atoms with E-state index >= 15 is 0 Å². The standard InChI is InChI=1S/C26H20FN3O5/c1-34-16-9-11-20(35-2)17(13-16)23(31)21-22(14-6-4-3-5-7-14)30(25(33)24(21)32)26-28-18-10-8-15(27)12-19(18)29-26/h3-13,22,31H,1-2H3,(H,28,29)/b23-21+. The Hall–Kier alpha value is -4.66. The van der Waals surface area contributed by atoms with E-state index in [9.17, 15) is 19.1 Å². The van der Waals surface area contributed by atoms with Gasteiger partial charge in [0.05, 0.1) is 42.4 Å². The number of hydrogen-bond donors (Lipinski definition) is 2. The average Bonchev–Trinajstić information content (AvgIpc) is 3.41. The van der Waals surface area contributed by atoms with Crippen LogP contribution in [0.25, 0.3) is 16.8 Å². The molecule has 0 saturated carbocycles. The van der Waals surface area contributed by atoms with Gasteiger partial charge in [0.2, 0.25) is 5.95 Å². The van der Waals surface area contributed by atoms with Gasteiger partial charge in [0.15, 0.2) is 0 Å². The van der Waals surface area contributed by atoms with Crippen LogP contribution in [0.3, 0.4) is 0 Å². The largest absolute Gasteiger partial charge is 0.507 e. The number of ketones is 1. The van der Waals surface area contributed by atoms with Crippen LogP contribution in [0.5, 0.6) is 11.5 Å². The van der Waals surface area contributed by atoms with Gasteiger partial charge in [-0.05, 0) is 42.0 Å². The summed E-state index contributed by atoms with van der Waals surface area (Å²) in [6.45, 7) is 0. The molecular formula is C26H20FN3O5. The van der Waals surface area contributed by atoms with E-state index in [0.717, 1.165) is 0 Å². The number of H-pyrrole nitrogens is 1. The molecule has 1 aliphatic rings. The highest BCUT2D eigenvalue weighted by Crippen LogP contribution is 2.43. The van der Waals surface area contributed by atoms with Crippen molar-refractivity contribution in [3.05, 3.63) is 89.2 Å². The highest BCUT2D eigenvalue weighted by Gasteiger charge is 2.48. The molecule has 0 bridgehead atoms. The first-order chi connectivity index (χ1) is 16.9. The molecule has 1 aromatic heterocycles. The van der Waals surface area contributed by atoms with E-state index < -0.39 is 29.3 Å². The number of benzene rings is 3. The number of carbonyl (C=O) groups excluding carboxylic acids is 2. The van der Waals surface area contributed by atoms with Crippen molar-refractivity contribution in [2.75, 3.05) is 19.1 Å². The van der Waals surface area contributed by atoms with Crippen molar-refractivity contribution in [1.82, 2.24) is 9.97 Å². The van der Waals surface area contributed by atoms with E-state index in [1.165, 1.54) is 43.4 Å². The maximum absolute atomic E-state index is 13.7. The van der Waals surface area contributed by atoms with Crippen LogP contribution in [-0.2, 0) is 9.59 Å². The van der Waals surface area contributed by atoms with Gasteiger partial charge in [0.25, 0.3) is 5.78 Å². The highest BCUT2D eigenvalue weighted by molar-refractivity contribution is 6.51. The second-order valence-corrected chi connectivity index (χ2v) is 7.87. The molecule has 1 unspecified atom stereocenters. The summed E-state index contributed by atoms with van der Waals surface area (Å²) < 4.78 is 24.4. The Bertz CT molecular complexity index is 1500. The Labute approximate surface area is 199 Å². The molecule has 1 fully saturated rings. The third-order valence-electron chi connectivity index (χ3n) is 5.88. The molecule has 1 atom stereocenters. The number of nitrogens with one attached hydrogen (secondary N) is 1. The molecular weight excluding hydrogens is 453 g/mol. The van der Waals surface area contributed by atoms with Crippen molar-refractivity contribution in [1.29, 1.82) is 0 Å². The number of amides is 1. The SMILES string of the molecule is COc1ccc(OC)c(/C(O)=C2\C(=O)C(=O)N(c3nc4ccc(F)cc4[nH]3)C2c2ccccc2)c1. The molecule has 0 spiro atoms. The molecule has 1 amide bonds. The number of methoxy groups -OCH3 is 2. The molecule has 0 radical (unpaired) electrons. The number of Topliss-reactive ketones (excluding diaryl/α,β-unsaturated/α-hetero) is 1. The molecule has 8 nitrogen and oxygen atoms in total. The van der Waals surface area contributed by atoms with Crippen LogP contribution in [0.2, 0.25) is 0 Å². The number of halogens is 1. The summed E-state index contributed by atoms with van der Waals surface area (Å²) in [5.74, 6) is -1.90. The van der Waals surface area contributed by atoms with E-state index in [0.29, 0.717) is 28.1 Å². The van der Waals surface area contributed by atoms with Crippen LogP contribution < -0.4 is 14.4 Å². The van der Waals surface area contributed by atoms with E-state index in [1.54, 1.807) is 42.5 Å². The van der Waals surface area contributed by atoms with Gasteiger partial charge < -0.3 is 19.6 Å². The molecule has 2 heterocycles. The van der Waals surface area contributed by atoms with Gasteiger partial charge in [-0.1, -0.05) is 30.3 Å². The number of fused-ring (bicyclic) bond motifs is 1. The second-order valence-electron chi connectivity index (χ2n) is 7.87. The first-order valence-electron chi connectivity index (χ1n) is 10.7. The molecule has 4 aromatic rings. The molecule has 5 rings (SSSR count). The minimum absolute atomic E-state index is 0.0539. The fraction of sp³-hybridized carbons (Fsp3) is 0.115. The first-order valence-corrected chi connectivity index (χ1v) is 10.7. The molecule has 1 aliphatic heterocycles. The summed E-state index contributed by atoms with van der Waals surface area (Å²) in [6.07, 6.45) is 0. The molecule has 9 heteroatoms. The summed E-state index contributed by atoms with van der Waals surface area (Å²) >= 11 is 0. The van der Waals surface area contributed by atoms with Crippen LogP contribution in [-0.4, -0.2) is 41.0 Å². The van der Waals surface area contributed by atoms with Crippen LogP contribution in [0.1, 0.15) is 17.2 Å². The van der Waals surface area contributed by atoms with E-state index in [-0.39, 0.29) is 17.1 Å². The predicted molar refractivity (Wildman–Crippen MR) is 127 cm³/mol. The lowest BCUT2D eigenvalue weighted by molar-refractivity contribution is -0.132. The van der Waals surface area contributed by atoms with Crippen molar-refractivity contribution in [3.63, 3.8) is 0 Å². The summed E-state index contributed by atoms with van der Waals surface area (Å²) in [5, 5.41) is 11.4. The Kier molecular flexibility index (Phi) is 5.44. The molecule has 0 aliphatic carbocycles. The van der Waals surface area contributed by atoms with Crippen molar-refractivity contribution in [2.45, 2.75) is 6.04 Å². The van der Waals surface area contributed by atoms with E-state index in [4.69, 9.17) is 9.47 Å². The van der Waals surface area contributed by atoms with Gasteiger partial charge >= 0.3 is 5.91 Å². The normalized spacial score (nSPS) is 17.2. The molecule has 2 N–H and O–H groups in total. The zero-order valence-electron chi connectivity index (χ0n) is 18.8. The maximum atomic E-state index is 13.7. The topological polar surface area (TPSA) is 105 Å². The fourth-order valence-electron chi connectivity index (χ4n) is 4.23. The van der Waals surface area contributed by atoms with Gasteiger partial charge in [-0.3, -0.25) is 14.5 Å². The number of rotatable bonds is 5. The molecule has 3 aromatic carbocycles. The van der Waals surface area contributed by atoms with E-state index in [1.807, 2.05) is 0 Å². The number of hydrogen-bond acceptors (Lipinski definition) is 6. The fourth-order valence-corrected chi connectivity index (χ4v) is 4.23. The predicted octanol–water partition coefficient (Wildman–Crippen LogP) is 4.35. The Balaban J connectivity index is 1.75. The maximum Gasteiger partial charge on any atom is 0.302 e. The van der Waals surface area contributed by atoms with Crippen LogP contribution in [0.4, 0.5) is 10.3 Å². The number of ether oxygens (including phenoxy) is 2. The quantitative estimate of drug-likeness (QED) is 0.254. The van der Waals surface area contributed by atoms with Gasteiger partial charge in [-0.15, -0.1) is 0 Å². The number of aliphatic hydroxyl groups excluding tert-OH is 1. The number of anilines is 1. The lowest BCUT2D eigenvalue weighted by Crippen LogP contribution is -2.30. The Morgan fingerprint density at radius 3 is 2.51 bits per heavy atom. The number of carbonyl (C=O) groups is 2. The minimum Gasteiger partial charge on any atom is -0.507 e. The number of nitrogens with zero attached hydrogens (tertiary/aromatic N) is 2. The first kappa shape index (κ1) is 22.1. The van der Waals surface area contributed by atoms with Gasteiger partial charge in [0.1, 0.15) is 23.1 Å². The third-order valence-corrected chi connectivity index (χ3v) is 5.88. The lowest BCUT2D eigenvalue weighted by Gasteiger charge is -2.23. The van der Waals surface area contributed by atoms with Gasteiger partial charge in [-0.2, -0.15) is 0 Å². The summed E-state index contributed by atoms with van der Waals surface area (Å²) in [5.41, 5.74) is 1.41. The van der Waals surface area contributed by atoms with Gasteiger partial charge in [-0.25, -0.2) is 9.37 Å². The number of aromatic amines is 1. The zero-order valence-corrected chi connectivity index (χ0v) is 18.8. The second kappa shape index (κ2) is 8.60. The summed E-state index contributed by atoms with van der Waals surface area (Å²) in [6, 6.07) is 16.5. The van der Waals surface area contributed by atoms with Crippen molar-refractivity contribution >= 4 is 34.4 Å². The minimum atomic E-state index is -1.00.